The fourth-order valence-corrected chi connectivity index (χ4v) is 16.3. The SMILES string of the molecule is CCC(C)N(Cc1ccccc1OCCCCCC(=O)O)C(=O)c1ccc(-c2ccco2)cc1.CCC(C)N(Cc1ccccc1OCCCCCC(=O)O)C(=O)c1ccc(-c2cccs2)cc1.CCC(C)N(Cc1ccccc1OCCCCCC(=O)O)C(=O)c1ccc(-c2ccoc2)cc1.CCC(C)N(Cc1ccccc1OCCCCCC(=O)O)C(=O)c1ccc(-c2ccsc2)cc1. The number of carboxylic acid groups (broad SMARTS) is 4. The van der Waals surface area contributed by atoms with Crippen LogP contribution in [0.2, 0.25) is 0 Å². The number of para-hydroxylation sites is 4. The van der Waals surface area contributed by atoms with Gasteiger partial charge in [0.25, 0.3) is 23.6 Å². The van der Waals surface area contributed by atoms with E-state index in [9.17, 15) is 38.4 Å². The lowest BCUT2D eigenvalue weighted by atomic mass is 10.0. The minimum atomic E-state index is -0.767. The van der Waals surface area contributed by atoms with Crippen molar-refractivity contribution >= 4 is 70.2 Å². The third-order valence-electron chi connectivity index (χ3n) is 23.8. The first-order valence-corrected chi connectivity index (χ1v) is 49.3. The van der Waals surface area contributed by atoms with Crippen molar-refractivity contribution in [2.45, 2.75) is 234 Å². The monoisotopic (exact) mass is 1880 g/mol. The number of thiophene rings is 2. The van der Waals surface area contributed by atoms with Crippen LogP contribution in [0.25, 0.3) is 44.0 Å². The Kier molecular flexibility index (Phi) is 45.4. The molecule has 22 nitrogen and oxygen atoms in total. The van der Waals surface area contributed by atoms with Crippen molar-refractivity contribution in [2.75, 3.05) is 26.4 Å². The van der Waals surface area contributed by atoms with Gasteiger partial charge in [-0.15, -0.1) is 11.3 Å². The number of aliphatic carboxylic acids is 4. The number of rotatable bonds is 52. The lowest BCUT2D eigenvalue weighted by molar-refractivity contribution is -0.138. The Hall–Kier alpha value is -13.3. The number of amides is 4. The van der Waals surface area contributed by atoms with Crippen LogP contribution in [-0.2, 0) is 45.4 Å². The number of hydrogen-bond acceptors (Lipinski definition) is 16. The summed E-state index contributed by atoms with van der Waals surface area (Å²) in [6, 6.07) is 74.1. The van der Waals surface area contributed by atoms with Gasteiger partial charge in [0.2, 0.25) is 0 Å². The quantitative estimate of drug-likeness (QED) is 0.0258. The molecule has 4 atom stereocenters. The Morgan fingerprint density at radius 3 is 0.897 bits per heavy atom. The summed E-state index contributed by atoms with van der Waals surface area (Å²) < 4.78 is 34.6. The molecule has 0 aliphatic heterocycles. The first-order valence-electron chi connectivity index (χ1n) is 47.4. The number of ether oxygens (including phenoxy) is 4. The molecule has 12 aromatic rings. The van der Waals surface area contributed by atoms with Gasteiger partial charge in [-0.05, 0) is 272 Å². The molecule has 136 heavy (non-hydrogen) atoms. The summed E-state index contributed by atoms with van der Waals surface area (Å²) in [5.41, 5.74) is 12.8. The number of furan rings is 2. The fraction of sp³-hybridized carbons (Fsp3) is 0.357. The molecule has 0 spiro atoms. The Morgan fingerprint density at radius 1 is 0.309 bits per heavy atom. The minimum Gasteiger partial charge on any atom is -0.493 e. The molecule has 0 saturated heterocycles. The molecule has 720 valence electrons. The van der Waals surface area contributed by atoms with E-state index in [0.29, 0.717) is 101 Å². The molecule has 0 radical (unpaired) electrons. The van der Waals surface area contributed by atoms with Crippen LogP contribution in [0, 0.1) is 0 Å². The summed E-state index contributed by atoms with van der Waals surface area (Å²) in [5.74, 6) is 0.757. The number of hydrogen-bond donors (Lipinski definition) is 4. The zero-order valence-electron chi connectivity index (χ0n) is 79.6. The van der Waals surface area contributed by atoms with Crippen molar-refractivity contribution in [3.05, 3.63) is 310 Å². The van der Waals surface area contributed by atoms with Crippen LogP contribution in [0.3, 0.4) is 0 Å². The lowest BCUT2D eigenvalue weighted by Gasteiger charge is -2.29. The molecule has 0 bridgehead atoms. The van der Waals surface area contributed by atoms with Gasteiger partial charge in [0.1, 0.15) is 28.8 Å². The van der Waals surface area contributed by atoms with Gasteiger partial charge < -0.3 is 67.8 Å². The van der Waals surface area contributed by atoms with E-state index >= 15 is 0 Å². The number of nitrogens with zero attached hydrogens (tertiary/aromatic N) is 4. The highest BCUT2D eigenvalue weighted by atomic mass is 32.1. The minimum absolute atomic E-state index is 0.00897. The third kappa shape index (κ3) is 34.9. The van der Waals surface area contributed by atoms with Crippen LogP contribution < -0.4 is 18.9 Å². The molecule has 0 aliphatic rings. The summed E-state index contributed by atoms with van der Waals surface area (Å²) in [6.07, 6.45) is 18.1. The molecule has 4 unspecified atom stereocenters. The van der Waals surface area contributed by atoms with E-state index in [1.807, 2.05) is 238 Å². The zero-order valence-corrected chi connectivity index (χ0v) is 81.3. The summed E-state index contributed by atoms with van der Waals surface area (Å²) in [5, 5.41) is 41.2. The van der Waals surface area contributed by atoms with Crippen LogP contribution in [0.5, 0.6) is 23.0 Å². The maximum absolute atomic E-state index is 13.5. The smallest absolute Gasteiger partial charge is 0.303 e. The predicted octanol–water partition coefficient (Wildman–Crippen LogP) is 26.6. The van der Waals surface area contributed by atoms with Crippen LogP contribution in [0.4, 0.5) is 0 Å². The van der Waals surface area contributed by atoms with E-state index in [-0.39, 0.29) is 73.5 Å². The maximum Gasteiger partial charge on any atom is 0.303 e. The average Bonchev–Trinajstić information content (AvgIpc) is 1.31. The van der Waals surface area contributed by atoms with Gasteiger partial charge >= 0.3 is 23.9 Å². The number of benzene rings is 8. The Labute approximate surface area is 808 Å². The topological polar surface area (TPSA) is 294 Å². The summed E-state index contributed by atoms with van der Waals surface area (Å²) in [7, 11) is 0. The van der Waals surface area contributed by atoms with Gasteiger partial charge in [0.15, 0.2) is 0 Å². The molecular formula is C112H132N4O18S2. The molecule has 8 aromatic carbocycles. The highest BCUT2D eigenvalue weighted by molar-refractivity contribution is 7.13. The van der Waals surface area contributed by atoms with E-state index in [0.717, 1.165) is 161 Å². The van der Waals surface area contributed by atoms with Crippen LogP contribution >= 0.6 is 22.7 Å². The largest absolute Gasteiger partial charge is 0.493 e. The molecule has 0 aliphatic carbocycles. The zero-order chi connectivity index (χ0) is 97.4. The molecule has 4 amide bonds. The second-order valence-electron chi connectivity index (χ2n) is 33.7. The average molecular weight is 1890 g/mol. The maximum atomic E-state index is 13.5. The number of carbonyl (C=O) groups excluding carboxylic acids is 4. The summed E-state index contributed by atoms with van der Waals surface area (Å²) >= 11 is 3.34. The normalized spacial score (nSPS) is 11.7. The highest BCUT2D eigenvalue weighted by Crippen LogP contribution is 2.33. The third-order valence-corrected chi connectivity index (χ3v) is 25.4. The fourth-order valence-electron chi connectivity index (χ4n) is 14.9. The van der Waals surface area contributed by atoms with E-state index in [1.54, 1.807) is 41.5 Å². The van der Waals surface area contributed by atoms with Crippen molar-refractivity contribution in [3.8, 4) is 67.0 Å². The van der Waals surface area contributed by atoms with Crippen molar-refractivity contribution in [1.29, 1.82) is 0 Å². The van der Waals surface area contributed by atoms with Crippen molar-refractivity contribution in [3.63, 3.8) is 0 Å². The second-order valence-corrected chi connectivity index (χ2v) is 35.4. The summed E-state index contributed by atoms with van der Waals surface area (Å²) in [4.78, 5) is 105. The standard InChI is InChI=1S/2C28H33NO5.2C28H33NO4S/c1-3-21(2)29(28(32)23-16-14-22(15-17-23)25-12-9-19-34-25)20-24-10-6-7-11-26(24)33-18-8-4-5-13-27(30)31;1-3-21(2)29(28(32)23-14-12-22(13-15-23)25-16-18-33-20-25)19-24-9-6-7-10-26(24)34-17-8-4-5-11-27(30)31;1-3-21(2)29(28(32)23-16-14-22(15-17-23)26-12-9-19-34-26)20-24-10-6-7-11-25(24)33-18-8-4-5-13-27(30)31;1-3-21(2)29(28(32)23-14-12-22(13-15-23)25-16-18-34-20-25)19-24-9-6-7-10-26(24)33-17-8-4-5-11-27(30)31/h6-7,9-12,14-17,19,21H,3-5,8,13,18,20H2,1-2H3,(H,30,31);6-7,9-10,12-16,18,20-21H,3-5,8,11,17,19H2,1-2H3,(H,30,31);6-7,9-12,14-17,19,21H,3-5,8,13,18,20H2,1-2H3,(H,30,31);6-7,9-10,12-16,18,20-21H,3-5,8,11,17,19H2,1-2H3,(H,30,31). The van der Waals surface area contributed by atoms with Gasteiger partial charge in [-0.25, -0.2) is 0 Å². The highest BCUT2D eigenvalue weighted by Gasteiger charge is 2.28. The van der Waals surface area contributed by atoms with E-state index in [4.69, 9.17) is 48.2 Å². The van der Waals surface area contributed by atoms with Gasteiger partial charge in [-0.3, -0.25) is 38.4 Å². The molecule has 4 heterocycles. The number of unbranched alkanes of at least 4 members (excludes halogenated alkanes) is 8. The Bertz CT molecular complexity index is 4870. The van der Waals surface area contributed by atoms with E-state index in [2.05, 4.69) is 83.7 Å². The lowest BCUT2D eigenvalue weighted by Crippen LogP contribution is -2.37. The molecular weight excluding hydrogens is 1750 g/mol. The van der Waals surface area contributed by atoms with E-state index in [1.165, 1.54) is 4.88 Å². The Morgan fingerprint density at radius 2 is 0.625 bits per heavy atom. The second kappa shape index (κ2) is 58.1. The molecule has 4 N–H and O–H groups in total. The number of carboxylic acids is 4. The molecule has 0 saturated carbocycles. The predicted molar refractivity (Wildman–Crippen MR) is 538 cm³/mol. The van der Waals surface area contributed by atoms with Gasteiger partial charge in [0, 0.05) is 137 Å². The molecule has 24 heteroatoms. The first kappa shape index (κ1) is 106. The Balaban J connectivity index is 0.000000203. The molecule has 4 aromatic heterocycles. The van der Waals surface area contributed by atoms with Crippen LogP contribution in [-0.4, -0.2) is 138 Å². The first-order chi connectivity index (χ1) is 66.0. The number of carbonyl (C=O) groups is 8. The van der Waals surface area contributed by atoms with Gasteiger partial charge in [0.05, 0.1) is 45.2 Å². The van der Waals surface area contributed by atoms with Crippen LogP contribution in [0.1, 0.15) is 247 Å². The van der Waals surface area contributed by atoms with Gasteiger partial charge in [-0.1, -0.05) is 155 Å². The van der Waals surface area contributed by atoms with Crippen LogP contribution in [0.15, 0.2) is 274 Å². The van der Waals surface area contributed by atoms with Crippen molar-refractivity contribution in [2.24, 2.45) is 0 Å². The molecule has 0 fully saturated rings. The van der Waals surface area contributed by atoms with Crippen molar-refractivity contribution < 1.29 is 86.6 Å². The summed E-state index contributed by atoms with van der Waals surface area (Å²) in [6.45, 7) is 20.5. The molecule has 12 rings (SSSR count). The van der Waals surface area contributed by atoms with Gasteiger partial charge in [-0.2, -0.15) is 11.3 Å². The van der Waals surface area contributed by atoms with Crippen molar-refractivity contribution in [1.82, 2.24) is 19.6 Å². The van der Waals surface area contributed by atoms with E-state index < -0.39 is 23.9 Å².